The monoisotopic (exact) mass is 380 g/mol. The molecule has 0 fully saturated rings. The molecule has 1 N–H and O–H groups in total. The maximum absolute atomic E-state index is 12.4. The zero-order valence-corrected chi connectivity index (χ0v) is 16.5. The van der Waals surface area contributed by atoms with Crippen molar-refractivity contribution < 1.29 is 9.53 Å². The second-order valence-corrected chi connectivity index (χ2v) is 7.28. The third-order valence-corrected chi connectivity index (χ3v) is 5.08. The normalized spacial score (nSPS) is 10.6. The molecule has 3 aromatic rings. The Bertz CT molecular complexity index is 887. The number of amides is 1. The quantitative estimate of drug-likeness (QED) is 0.545. The molecule has 4 nitrogen and oxygen atoms in total. The van der Waals surface area contributed by atoms with Gasteiger partial charge in [0.15, 0.2) is 0 Å². The van der Waals surface area contributed by atoms with Crippen LogP contribution in [-0.4, -0.2) is 17.5 Å². The van der Waals surface area contributed by atoms with Crippen LogP contribution in [-0.2, 0) is 6.54 Å². The fourth-order valence-corrected chi connectivity index (χ4v) is 3.38. The summed E-state index contributed by atoms with van der Waals surface area (Å²) in [4.78, 5) is 17.0. The maximum atomic E-state index is 12.4. The number of hydrogen-bond acceptors (Lipinski definition) is 4. The minimum absolute atomic E-state index is 0.124. The van der Waals surface area contributed by atoms with Crippen molar-refractivity contribution in [3.05, 3.63) is 70.7 Å². The van der Waals surface area contributed by atoms with Crippen LogP contribution < -0.4 is 10.1 Å². The fraction of sp³-hybridized carbons (Fsp3) is 0.273. The minimum Gasteiger partial charge on any atom is -0.494 e. The summed E-state index contributed by atoms with van der Waals surface area (Å²) in [5.74, 6) is 0.604. The molecule has 0 unspecified atom stereocenters. The summed E-state index contributed by atoms with van der Waals surface area (Å²) in [7, 11) is 0. The third kappa shape index (κ3) is 5.41. The van der Waals surface area contributed by atoms with E-state index in [1.54, 1.807) is 23.5 Å². The van der Waals surface area contributed by atoms with Gasteiger partial charge in [-0.05, 0) is 31.5 Å². The summed E-state index contributed by atoms with van der Waals surface area (Å²) in [6.07, 6.45) is 2.09. The molecule has 27 heavy (non-hydrogen) atoms. The molecule has 1 heterocycles. The van der Waals surface area contributed by atoms with Crippen LogP contribution in [0.25, 0.3) is 10.6 Å². The van der Waals surface area contributed by atoms with E-state index in [4.69, 9.17) is 4.74 Å². The number of aromatic nitrogens is 1. The highest BCUT2D eigenvalue weighted by atomic mass is 32.1. The lowest BCUT2D eigenvalue weighted by molar-refractivity contribution is 0.0950. The summed E-state index contributed by atoms with van der Waals surface area (Å²) in [5, 5.41) is 5.88. The van der Waals surface area contributed by atoms with Crippen LogP contribution in [0.5, 0.6) is 5.75 Å². The SMILES string of the molecule is CCCCOc1cccc(C(=O)NCc2csc(-c3ccc(C)cc3)n2)c1. The van der Waals surface area contributed by atoms with Gasteiger partial charge in [0.1, 0.15) is 10.8 Å². The molecule has 1 amide bonds. The van der Waals surface area contributed by atoms with Gasteiger partial charge >= 0.3 is 0 Å². The van der Waals surface area contributed by atoms with Gasteiger partial charge < -0.3 is 10.1 Å². The number of carbonyl (C=O) groups excluding carboxylic acids is 1. The van der Waals surface area contributed by atoms with Crippen LogP contribution in [0.2, 0.25) is 0 Å². The second-order valence-electron chi connectivity index (χ2n) is 6.42. The number of aryl methyl sites for hydroxylation is 1. The summed E-state index contributed by atoms with van der Waals surface area (Å²) in [6, 6.07) is 15.6. The van der Waals surface area contributed by atoms with E-state index >= 15 is 0 Å². The molecule has 0 spiro atoms. The predicted octanol–water partition coefficient (Wildman–Crippen LogP) is 5.23. The Morgan fingerprint density at radius 3 is 2.78 bits per heavy atom. The first kappa shape index (κ1) is 19.1. The van der Waals surface area contributed by atoms with E-state index in [2.05, 4.69) is 48.4 Å². The first-order chi connectivity index (χ1) is 13.2. The highest BCUT2D eigenvalue weighted by molar-refractivity contribution is 7.13. The first-order valence-electron chi connectivity index (χ1n) is 9.18. The molecule has 2 aromatic carbocycles. The van der Waals surface area contributed by atoms with Crippen LogP contribution in [0, 0.1) is 6.92 Å². The Morgan fingerprint density at radius 1 is 1.19 bits per heavy atom. The van der Waals surface area contributed by atoms with E-state index < -0.39 is 0 Å². The molecule has 140 valence electrons. The van der Waals surface area contributed by atoms with Gasteiger partial charge in [-0.15, -0.1) is 11.3 Å². The Labute approximate surface area is 164 Å². The van der Waals surface area contributed by atoms with E-state index in [1.165, 1.54) is 5.56 Å². The van der Waals surface area contributed by atoms with Gasteiger partial charge in [0, 0.05) is 16.5 Å². The van der Waals surface area contributed by atoms with E-state index in [0.717, 1.165) is 34.9 Å². The van der Waals surface area contributed by atoms with Crippen molar-refractivity contribution in [3.8, 4) is 16.3 Å². The molecule has 0 saturated carbocycles. The molecule has 0 aliphatic carbocycles. The molecule has 0 aliphatic heterocycles. The predicted molar refractivity (Wildman–Crippen MR) is 110 cm³/mol. The topological polar surface area (TPSA) is 51.2 Å². The van der Waals surface area contributed by atoms with Crippen LogP contribution in [0.1, 0.15) is 41.4 Å². The zero-order valence-electron chi connectivity index (χ0n) is 15.7. The minimum atomic E-state index is -0.124. The van der Waals surface area contributed by atoms with Crippen molar-refractivity contribution >= 4 is 17.2 Å². The summed E-state index contributed by atoms with van der Waals surface area (Å²) in [6.45, 7) is 5.26. The molecule has 1 aromatic heterocycles. The highest BCUT2D eigenvalue weighted by Gasteiger charge is 2.09. The second kappa shape index (κ2) is 9.33. The Hall–Kier alpha value is -2.66. The van der Waals surface area contributed by atoms with Crippen LogP contribution in [0.4, 0.5) is 0 Å². The number of hydrogen-bond donors (Lipinski definition) is 1. The van der Waals surface area contributed by atoms with E-state index in [9.17, 15) is 4.79 Å². The molecular weight excluding hydrogens is 356 g/mol. The standard InChI is InChI=1S/C22H24N2O2S/c1-3-4-12-26-20-7-5-6-18(13-20)21(25)23-14-19-15-27-22(24-19)17-10-8-16(2)9-11-17/h5-11,13,15H,3-4,12,14H2,1-2H3,(H,23,25). The van der Waals surface area contributed by atoms with Crippen LogP contribution >= 0.6 is 11.3 Å². The zero-order chi connectivity index (χ0) is 19.1. The Kier molecular flexibility index (Phi) is 6.60. The number of benzene rings is 2. The van der Waals surface area contributed by atoms with E-state index in [-0.39, 0.29) is 5.91 Å². The highest BCUT2D eigenvalue weighted by Crippen LogP contribution is 2.24. The van der Waals surface area contributed by atoms with Crippen LogP contribution in [0.15, 0.2) is 53.9 Å². The van der Waals surface area contributed by atoms with Gasteiger partial charge in [-0.2, -0.15) is 0 Å². The smallest absolute Gasteiger partial charge is 0.251 e. The summed E-state index contributed by atoms with van der Waals surface area (Å²) in [5.41, 5.74) is 3.78. The largest absolute Gasteiger partial charge is 0.494 e. The van der Waals surface area contributed by atoms with Crippen LogP contribution in [0.3, 0.4) is 0 Å². The molecule has 5 heteroatoms. The molecule has 0 radical (unpaired) electrons. The average Bonchev–Trinajstić information content (AvgIpc) is 3.16. The Balaban J connectivity index is 1.58. The number of carbonyl (C=O) groups is 1. The third-order valence-electron chi connectivity index (χ3n) is 4.14. The number of unbranched alkanes of at least 4 members (excludes halogenated alkanes) is 1. The number of thiazole rings is 1. The van der Waals surface area contributed by atoms with E-state index in [0.29, 0.717) is 18.7 Å². The molecular formula is C22H24N2O2S. The van der Waals surface area contributed by atoms with E-state index in [1.807, 2.05) is 17.5 Å². The molecule has 0 bridgehead atoms. The van der Waals surface area contributed by atoms with Crippen molar-refractivity contribution in [2.45, 2.75) is 33.2 Å². The lowest BCUT2D eigenvalue weighted by Crippen LogP contribution is -2.22. The lowest BCUT2D eigenvalue weighted by Gasteiger charge is -2.08. The van der Waals surface area contributed by atoms with Gasteiger partial charge in [-0.1, -0.05) is 49.2 Å². The number of ether oxygens (including phenoxy) is 1. The number of rotatable bonds is 8. The summed E-state index contributed by atoms with van der Waals surface area (Å²) >= 11 is 1.59. The van der Waals surface area contributed by atoms with Crippen molar-refractivity contribution in [2.75, 3.05) is 6.61 Å². The maximum Gasteiger partial charge on any atom is 0.251 e. The number of nitrogens with one attached hydrogen (secondary N) is 1. The van der Waals surface area contributed by atoms with Gasteiger partial charge in [0.05, 0.1) is 18.8 Å². The van der Waals surface area contributed by atoms with Gasteiger partial charge in [-0.3, -0.25) is 4.79 Å². The van der Waals surface area contributed by atoms with Gasteiger partial charge in [-0.25, -0.2) is 4.98 Å². The van der Waals surface area contributed by atoms with Crippen molar-refractivity contribution in [1.29, 1.82) is 0 Å². The molecule has 0 saturated heterocycles. The van der Waals surface area contributed by atoms with Gasteiger partial charge in [0.2, 0.25) is 0 Å². The lowest BCUT2D eigenvalue weighted by atomic mass is 10.2. The fourth-order valence-electron chi connectivity index (χ4n) is 2.55. The van der Waals surface area contributed by atoms with Crippen molar-refractivity contribution in [2.24, 2.45) is 0 Å². The Morgan fingerprint density at radius 2 is 2.00 bits per heavy atom. The van der Waals surface area contributed by atoms with Gasteiger partial charge in [0.25, 0.3) is 5.91 Å². The molecule has 3 rings (SSSR count). The molecule has 0 atom stereocenters. The average molecular weight is 381 g/mol. The first-order valence-corrected chi connectivity index (χ1v) is 10.1. The van der Waals surface area contributed by atoms with Crippen molar-refractivity contribution in [3.63, 3.8) is 0 Å². The molecule has 0 aliphatic rings. The number of nitrogens with zero attached hydrogens (tertiary/aromatic N) is 1. The van der Waals surface area contributed by atoms with Crippen molar-refractivity contribution in [1.82, 2.24) is 10.3 Å². The summed E-state index contributed by atoms with van der Waals surface area (Å²) < 4.78 is 5.67.